The molecule has 0 saturated carbocycles. The number of ether oxygens (including phenoxy) is 4. The molecule has 0 bridgehead atoms. The first-order chi connectivity index (χ1) is 16.1. The molecule has 166 valence electrons. The predicted octanol–water partition coefficient (Wildman–Crippen LogP) is 4.80. The van der Waals surface area contributed by atoms with Crippen molar-refractivity contribution in [1.29, 1.82) is 0 Å². The van der Waals surface area contributed by atoms with E-state index in [9.17, 15) is 4.79 Å². The van der Waals surface area contributed by atoms with E-state index in [1.165, 1.54) is 16.7 Å². The molecule has 0 spiro atoms. The SMILES string of the molecule is COc1cc(/C=C2/SC(=S)N(c3ccc4c(c3)OCO4)C2=O)ccc1OCc1ccncc1. The number of pyridine rings is 1. The fourth-order valence-corrected chi connectivity index (χ4v) is 4.70. The maximum atomic E-state index is 13.1. The molecule has 5 rings (SSSR count). The number of thiocarbonyl (C=S) groups is 1. The molecule has 2 aliphatic heterocycles. The van der Waals surface area contributed by atoms with Crippen LogP contribution in [-0.4, -0.2) is 29.1 Å². The zero-order chi connectivity index (χ0) is 22.8. The lowest BCUT2D eigenvalue weighted by Crippen LogP contribution is -2.27. The van der Waals surface area contributed by atoms with Crippen LogP contribution in [0.3, 0.4) is 0 Å². The predicted molar refractivity (Wildman–Crippen MR) is 130 cm³/mol. The summed E-state index contributed by atoms with van der Waals surface area (Å²) in [6, 6.07) is 14.6. The van der Waals surface area contributed by atoms with E-state index >= 15 is 0 Å². The number of benzene rings is 2. The molecular weight excluding hydrogens is 460 g/mol. The van der Waals surface area contributed by atoms with Gasteiger partial charge in [-0.25, -0.2) is 0 Å². The van der Waals surface area contributed by atoms with Crippen molar-refractivity contribution in [2.75, 3.05) is 18.8 Å². The number of carbonyl (C=O) groups is 1. The van der Waals surface area contributed by atoms with Crippen molar-refractivity contribution >= 4 is 46.0 Å². The van der Waals surface area contributed by atoms with Gasteiger partial charge in [-0.15, -0.1) is 0 Å². The molecule has 2 aliphatic rings. The van der Waals surface area contributed by atoms with Gasteiger partial charge >= 0.3 is 0 Å². The number of anilines is 1. The molecule has 7 nitrogen and oxygen atoms in total. The molecule has 9 heteroatoms. The molecule has 1 saturated heterocycles. The van der Waals surface area contributed by atoms with Gasteiger partial charge in [0, 0.05) is 18.5 Å². The Morgan fingerprint density at radius 3 is 2.73 bits per heavy atom. The zero-order valence-corrected chi connectivity index (χ0v) is 19.2. The highest BCUT2D eigenvalue weighted by molar-refractivity contribution is 8.27. The number of fused-ring (bicyclic) bond motifs is 1. The average Bonchev–Trinajstić information content (AvgIpc) is 3.41. The smallest absolute Gasteiger partial charge is 0.270 e. The molecule has 3 heterocycles. The lowest BCUT2D eigenvalue weighted by atomic mass is 10.1. The van der Waals surface area contributed by atoms with E-state index in [0.717, 1.165) is 11.1 Å². The van der Waals surface area contributed by atoms with E-state index in [1.807, 2.05) is 30.3 Å². The molecule has 0 atom stereocenters. The van der Waals surface area contributed by atoms with Crippen LogP contribution in [0.25, 0.3) is 6.08 Å². The maximum absolute atomic E-state index is 13.1. The van der Waals surface area contributed by atoms with Crippen LogP contribution in [0.15, 0.2) is 65.8 Å². The minimum absolute atomic E-state index is 0.168. The number of aromatic nitrogens is 1. The zero-order valence-electron chi connectivity index (χ0n) is 17.5. The minimum Gasteiger partial charge on any atom is -0.493 e. The fraction of sp³-hybridized carbons (Fsp3) is 0.125. The number of rotatable bonds is 6. The number of thioether (sulfide) groups is 1. The molecule has 1 amide bonds. The first-order valence-corrected chi connectivity index (χ1v) is 11.2. The lowest BCUT2D eigenvalue weighted by Gasteiger charge is -2.14. The molecule has 0 unspecified atom stereocenters. The summed E-state index contributed by atoms with van der Waals surface area (Å²) in [7, 11) is 1.58. The van der Waals surface area contributed by atoms with Gasteiger partial charge in [0.15, 0.2) is 27.3 Å². The third-order valence-corrected chi connectivity index (χ3v) is 6.34. The van der Waals surface area contributed by atoms with E-state index in [0.29, 0.717) is 44.5 Å². The summed E-state index contributed by atoms with van der Waals surface area (Å²) >= 11 is 6.73. The third kappa shape index (κ3) is 4.37. The number of nitrogens with zero attached hydrogens (tertiary/aromatic N) is 2. The maximum Gasteiger partial charge on any atom is 0.270 e. The van der Waals surface area contributed by atoms with Gasteiger partial charge in [-0.3, -0.25) is 14.7 Å². The molecule has 0 aliphatic carbocycles. The second-order valence-corrected chi connectivity index (χ2v) is 8.78. The van der Waals surface area contributed by atoms with Crippen LogP contribution < -0.4 is 23.8 Å². The van der Waals surface area contributed by atoms with Gasteiger partial charge < -0.3 is 18.9 Å². The van der Waals surface area contributed by atoms with Crippen molar-refractivity contribution in [2.24, 2.45) is 0 Å². The van der Waals surface area contributed by atoms with Crippen molar-refractivity contribution in [3.8, 4) is 23.0 Å². The van der Waals surface area contributed by atoms with E-state index in [2.05, 4.69) is 4.98 Å². The minimum atomic E-state index is -0.194. The van der Waals surface area contributed by atoms with E-state index in [4.69, 9.17) is 31.2 Å². The molecule has 0 N–H and O–H groups in total. The second kappa shape index (κ2) is 9.13. The summed E-state index contributed by atoms with van der Waals surface area (Å²) in [4.78, 5) is 19.1. The van der Waals surface area contributed by atoms with Crippen molar-refractivity contribution in [2.45, 2.75) is 6.61 Å². The van der Waals surface area contributed by atoms with E-state index < -0.39 is 0 Å². The van der Waals surface area contributed by atoms with Crippen LogP contribution in [-0.2, 0) is 11.4 Å². The van der Waals surface area contributed by atoms with Gasteiger partial charge in [-0.1, -0.05) is 30.0 Å². The van der Waals surface area contributed by atoms with Crippen LogP contribution >= 0.6 is 24.0 Å². The summed E-state index contributed by atoms with van der Waals surface area (Å²) < 4.78 is 22.6. The quantitative estimate of drug-likeness (QED) is 0.370. The Morgan fingerprint density at radius 1 is 1.09 bits per heavy atom. The number of carbonyl (C=O) groups excluding carboxylic acids is 1. The summed E-state index contributed by atoms with van der Waals surface area (Å²) in [5.74, 6) is 2.24. The molecule has 3 aromatic rings. The van der Waals surface area contributed by atoms with Gasteiger partial charge in [0.2, 0.25) is 6.79 Å². The topological polar surface area (TPSA) is 70.1 Å². The third-order valence-electron chi connectivity index (χ3n) is 5.04. The Balaban J connectivity index is 1.35. The summed E-state index contributed by atoms with van der Waals surface area (Å²) in [5.41, 5.74) is 2.44. The summed E-state index contributed by atoms with van der Waals surface area (Å²) in [6.45, 7) is 0.563. The molecule has 2 aromatic carbocycles. The normalized spacial score (nSPS) is 15.9. The Morgan fingerprint density at radius 2 is 1.91 bits per heavy atom. The van der Waals surface area contributed by atoms with Crippen molar-refractivity contribution in [3.63, 3.8) is 0 Å². The Kier molecular flexibility index (Phi) is 5.89. The van der Waals surface area contributed by atoms with Gasteiger partial charge in [-0.05, 0) is 53.6 Å². The average molecular weight is 479 g/mol. The highest BCUT2D eigenvalue weighted by Crippen LogP contribution is 2.41. The first kappa shape index (κ1) is 21.3. The number of hydrogen-bond donors (Lipinski definition) is 0. The van der Waals surface area contributed by atoms with E-state index in [-0.39, 0.29) is 12.7 Å². The van der Waals surface area contributed by atoms with Gasteiger partial charge in [0.05, 0.1) is 17.7 Å². The van der Waals surface area contributed by atoms with Crippen LogP contribution in [0.4, 0.5) is 5.69 Å². The molecule has 0 radical (unpaired) electrons. The highest BCUT2D eigenvalue weighted by Gasteiger charge is 2.34. The first-order valence-electron chi connectivity index (χ1n) is 10.00. The number of amides is 1. The van der Waals surface area contributed by atoms with Crippen LogP contribution in [0.2, 0.25) is 0 Å². The summed E-state index contributed by atoms with van der Waals surface area (Å²) in [5, 5.41) is 0. The molecule has 1 fully saturated rings. The molecule has 1 aromatic heterocycles. The lowest BCUT2D eigenvalue weighted by molar-refractivity contribution is -0.113. The largest absolute Gasteiger partial charge is 0.493 e. The van der Waals surface area contributed by atoms with E-state index in [1.54, 1.807) is 43.8 Å². The van der Waals surface area contributed by atoms with Crippen LogP contribution in [0.5, 0.6) is 23.0 Å². The van der Waals surface area contributed by atoms with Crippen molar-refractivity contribution in [3.05, 3.63) is 77.0 Å². The molecule has 33 heavy (non-hydrogen) atoms. The monoisotopic (exact) mass is 478 g/mol. The standard InChI is InChI=1S/C24H18N2O5S2/c1-28-20-10-16(2-4-18(20)29-13-15-6-8-25-9-7-15)11-22-23(27)26(24(32)33-22)17-3-5-19-21(12-17)31-14-30-19/h2-12H,13-14H2,1H3/b22-11+. The Bertz CT molecular complexity index is 1260. The Labute approximate surface area is 199 Å². The highest BCUT2D eigenvalue weighted by atomic mass is 32.2. The van der Waals surface area contributed by atoms with Crippen molar-refractivity contribution in [1.82, 2.24) is 4.98 Å². The Hall–Kier alpha value is -3.56. The summed E-state index contributed by atoms with van der Waals surface area (Å²) in [6.07, 6.45) is 5.24. The van der Waals surface area contributed by atoms with Crippen LogP contribution in [0, 0.1) is 0 Å². The second-order valence-electron chi connectivity index (χ2n) is 7.11. The van der Waals surface area contributed by atoms with Gasteiger partial charge in [0.1, 0.15) is 6.61 Å². The van der Waals surface area contributed by atoms with Gasteiger partial charge in [-0.2, -0.15) is 0 Å². The van der Waals surface area contributed by atoms with Crippen molar-refractivity contribution < 1.29 is 23.7 Å². The number of hydrogen-bond acceptors (Lipinski definition) is 8. The number of methoxy groups -OCH3 is 1. The molecular formula is C24H18N2O5S2. The van der Waals surface area contributed by atoms with Crippen LogP contribution in [0.1, 0.15) is 11.1 Å². The van der Waals surface area contributed by atoms with Gasteiger partial charge in [0.25, 0.3) is 5.91 Å². The fourth-order valence-electron chi connectivity index (χ4n) is 3.40.